The third-order valence-electron chi connectivity index (χ3n) is 2.57. The van der Waals surface area contributed by atoms with Gasteiger partial charge in [-0.25, -0.2) is 4.68 Å². The molecule has 0 radical (unpaired) electrons. The van der Waals surface area contributed by atoms with Crippen molar-refractivity contribution in [2.45, 2.75) is 45.2 Å². The second-order valence-electron chi connectivity index (χ2n) is 4.02. The van der Waals surface area contributed by atoms with E-state index < -0.39 is 0 Å². The molecular formula is C9H16N4. The summed E-state index contributed by atoms with van der Waals surface area (Å²) < 4.78 is 1.99. The molecule has 0 fully saturated rings. The number of hydrogen-bond acceptors (Lipinski definition) is 3. The van der Waals surface area contributed by atoms with Crippen LogP contribution in [0.15, 0.2) is 0 Å². The van der Waals surface area contributed by atoms with Gasteiger partial charge >= 0.3 is 0 Å². The second kappa shape index (κ2) is 3.10. The van der Waals surface area contributed by atoms with Crippen molar-refractivity contribution >= 4 is 0 Å². The first-order valence-corrected chi connectivity index (χ1v) is 4.87. The zero-order valence-electron chi connectivity index (χ0n) is 8.20. The van der Waals surface area contributed by atoms with Gasteiger partial charge in [0.15, 0.2) is 0 Å². The predicted octanol–water partition coefficient (Wildman–Crippen LogP) is 0.675. The minimum atomic E-state index is 0.295. The number of rotatable bonds is 1. The smallest absolute Gasteiger partial charge is 0.0860 e. The van der Waals surface area contributed by atoms with E-state index in [-0.39, 0.29) is 0 Å². The van der Waals surface area contributed by atoms with Crippen LogP contribution in [0.1, 0.15) is 37.7 Å². The first-order chi connectivity index (χ1) is 6.18. The van der Waals surface area contributed by atoms with Gasteiger partial charge in [-0.3, -0.25) is 0 Å². The van der Waals surface area contributed by atoms with Crippen LogP contribution in [0, 0.1) is 0 Å². The summed E-state index contributed by atoms with van der Waals surface area (Å²) in [7, 11) is 0. The molecule has 0 unspecified atom stereocenters. The zero-order valence-corrected chi connectivity index (χ0v) is 8.20. The van der Waals surface area contributed by atoms with Gasteiger partial charge in [-0.15, -0.1) is 5.10 Å². The van der Waals surface area contributed by atoms with Gasteiger partial charge in [-0.2, -0.15) is 0 Å². The minimum Gasteiger partial charge on any atom is -0.327 e. The summed E-state index contributed by atoms with van der Waals surface area (Å²) in [5, 5.41) is 8.31. The summed E-state index contributed by atoms with van der Waals surface area (Å²) in [5.41, 5.74) is 8.30. The van der Waals surface area contributed by atoms with Gasteiger partial charge in [-0.05, 0) is 26.7 Å². The van der Waals surface area contributed by atoms with Crippen LogP contribution in [0.2, 0.25) is 0 Å². The Labute approximate surface area is 78.1 Å². The summed E-state index contributed by atoms with van der Waals surface area (Å²) in [6, 6.07) is 0.685. The third-order valence-corrected chi connectivity index (χ3v) is 2.57. The minimum absolute atomic E-state index is 0.295. The Kier molecular flexibility index (Phi) is 2.07. The van der Waals surface area contributed by atoms with Crippen LogP contribution < -0.4 is 5.73 Å². The second-order valence-corrected chi connectivity index (χ2v) is 4.02. The quantitative estimate of drug-likeness (QED) is 0.691. The van der Waals surface area contributed by atoms with Crippen molar-refractivity contribution < 1.29 is 0 Å². The van der Waals surface area contributed by atoms with Gasteiger partial charge in [-0.1, -0.05) is 5.21 Å². The molecule has 1 aliphatic carbocycles. The fraction of sp³-hybridized carbons (Fsp3) is 0.778. The zero-order chi connectivity index (χ0) is 9.42. The van der Waals surface area contributed by atoms with E-state index in [1.165, 1.54) is 5.69 Å². The van der Waals surface area contributed by atoms with Crippen LogP contribution >= 0.6 is 0 Å². The number of nitrogens with zero attached hydrogens (tertiary/aromatic N) is 3. The number of aryl methyl sites for hydroxylation is 1. The molecule has 0 aliphatic heterocycles. The lowest BCUT2D eigenvalue weighted by Crippen LogP contribution is -2.29. The van der Waals surface area contributed by atoms with E-state index in [1.54, 1.807) is 0 Å². The van der Waals surface area contributed by atoms with Crippen molar-refractivity contribution in [3.05, 3.63) is 11.4 Å². The molecule has 4 nitrogen and oxygen atoms in total. The molecule has 0 saturated heterocycles. The maximum Gasteiger partial charge on any atom is 0.0860 e. The Balaban J connectivity index is 2.35. The fourth-order valence-electron chi connectivity index (χ4n) is 1.84. The number of aromatic nitrogens is 3. The Morgan fingerprint density at radius 2 is 2.31 bits per heavy atom. The lowest BCUT2D eigenvalue weighted by atomic mass is 9.96. The van der Waals surface area contributed by atoms with Gasteiger partial charge in [0.2, 0.25) is 0 Å². The summed E-state index contributed by atoms with van der Waals surface area (Å²) in [6.45, 7) is 4.24. The van der Waals surface area contributed by atoms with Gasteiger partial charge in [0, 0.05) is 18.5 Å². The molecular weight excluding hydrogens is 164 g/mol. The lowest BCUT2D eigenvalue weighted by molar-refractivity contribution is 0.471. The molecule has 1 atom stereocenters. The molecule has 1 aromatic rings. The van der Waals surface area contributed by atoms with Gasteiger partial charge in [0.25, 0.3) is 0 Å². The van der Waals surface area contributed by atoms with Gasteiger partial charge in [0.05, 0.1) is 11.4 Å². The summed E-state index contributed by atoms with van der Waals surface area (Å²) in [5.74, 6) is 0. The Morgan fingerprint density at radius 1 is 1.54 bits per heavy atom. The maximum absolute atomic E-state index is 5.91. The van der Waals surface area contributed by atoms with E-state index in [0.29, 0.717) is 12.1 Å². The number of fused-ring (bicyclic) bond motifs is 1. The standard InChI is InChI=1S/C9H16N4/c1-6(2)13-9-5-7(10)3-4-8(9)11-12-13/h6-7H,3-5,10H2,1-2H3/t7-/m1/s1. The predicted molar refractivity (Wildman–Crippen MR) is 50.4 cm³/mol. The van der Waals surface area contributed by atoms with E-state index >= 15 is 0 Å². The molecule has 4 heteroatoms. The molecule has 0 saturated carbocycles. The average molecular weight is 180 g/mol. The van der Waals surface area contributed by atoms with E-state index in [4.69, 9.17) is 5.73 Å². The maximum atomic E-state index is 5.91. The first kappa shape index (κ1) is 8.69. The van der Waals surface area contributed by atoms with Crippen LogP contribution in [0.3, 0.4) is 0 Å². The number of nitrogens with two attached hydrogens (primary N) is 1. The normalized spacial score (nSPS) is 22.0. The molecule has 0 amide bonds. The highest BCUT2D eigenvalue weighted by Gasteiger charge is 2.22. The van der Waals surface area contributed by atoms with Crippen molar-refractivity contribution in [3.8, 4) is 0 Å². The van der Waals surface area contributed by atoms with E-state index in [9.17, 15) is 0 Å². The third kappa shape index (κ3) is 1.46. The highest BCUT2D eigenvalue weighted by molar-refractivity contribution is 5.16. The molecule has 2 N–H and O–H groups in total. The van der Waals surface area contributed by atoms with Crippen LogP contribution in [0.5, 0.6) is 0 Å². The molecule has 0 spiro atoms. The fourth-order valence-corrected chi connectivity index (χ4v) is 1.84. The Hall–Kier alpha value is -0.900. The summed E-state index contributed by atoms with van der Waals surface area (Å²) in [6.07, 6.45) is 2.97. The Bertz CT molecular complexity index is 303. The number of hydrogen-bond donors (Lipinski definition) is 1. The van der Waals surface area contributed by atoms with Crippen LogP contribution in [-0.4, -0.2) is 21.0 Å². The van der Waals surface area contributed by atoms with Crippen LogP contribution in [-0.2, 0) is 12.8 Å². The van der Waals surface area contributed by atoms with E-state index in [1.807, 2.05) is 4.68 Å². The van der Waals surface area contributed by atoms with Crippen molar-refractivity contribution in [1.82, 2.24) is 15.0 Å². The lowest BCUT2D eigenvalue weighted by Gasteiger charge is -2.19. The molecule has 1 heterocycles. The van der Waals surface area contributed by atoms with Gasteiger partial charge in [0.1, 0.15) is 0 Å². The molecule has 1 aromatic heterocycles. The van der Waals surface area contributed by atoms with Crippen molar-refractivity contribution in [3.63, 3.8) is 0 Å². The van der Waals surface area contributed by atoms with Crippen molar-refractivity contribution in [2.24, 2.45) is 5.73 Å². The Morgan fingerprint density at radius 3 is 3.00 bits per heavy atom. The molecule has 0 aromatic carbocycles. The highest BCUT2D eigenvalue weighted by atomic mass is 15.4. The molecule has 2 rings (SSSR count). The highest BCUT2D eigenvalue weighted by Crippen LogP contribution is 2.20. The van der Waals surface area contributed by atoms with Crippen LogP contribution in [0.4, 0.5) is 0 Å². The molecule has 0 bridgehead atoms. The van der Waals surface area contributed by atoms with Gasteiger partial charge < -0.3 is 5.73 Å². The van der Waals surface area contributed by atoms with E-state index in [2.05, 4.69) is 24.2 Å². The largest absolute Gasteiger partial charge is 0.327 e. The summed E-state index contributed by atoms with van der Waals surface area (Å²) >= 11 is 0. The topological polar surface area (TPSA) is 56.7 Å². The van der Waals surface area contributed by atoms with Crippen LogP contribution in [0.25, 0.3) is 0 Å². The monoisotopic (exact) mass is 180 g/mol. The molecule has 72 valence electrons. The van der Waals surface area contributed by atoms with Crippen molar-refractivity contribution in [2.75, 3.05) is 0 Å². The molecule has 1 aliphatic rings. The molecule has 13 heavy (non-hydrogen) atoms. The van der Waals surface area contributed by atoms with E-state index in [0.717, 1.165) is 25.0 Å². The first-order valence-electron chi connectivity index (χ1n) is 4.87. The van der Waals surface area contributed by atoms with Crippen molar-refractivity contribution in [1.29, 1.82) is 0 Å². The SMILES string of the molecule is CC(C)n1nnc2c1C[C@H](N)CC2. The average Bonchev–Trinajstić information content (AvgIpc) is 2.46. The summed E-state index contributed by atoms with van der Waals surface area (Å²) in [4.78, 5) is 0.